The summed E-state index contributed by atoms with van der Waals surface area (Å²) in [6.45, 7) is 11.3. The fraction of sp³-hybridized carbons (Fsp3) is 0.471. The van der Waals surface area contributed by atoms with Crippen molar-refractivity contribution in [1.82, 2.24) is 14.5 Å². The molecule has 0 bridgehead atoms. The highest BCUT2D eigenvalue weighted by molar-refractivity contribution is 7.89. The molecule has 1 aromatic heterocycles. The van der Waals surface area contributed by atoms with Crippen molar-refractivity contribution in [2.75, 3.05) is 0 Å². The highest BCUT2D eigenvalue weighted by atomic mass is 32.2. The summed E-state index contributed by atoms with van der Waals surface area (Å²) in [4.78, 5) is 0.283. The Labute approximate surface area is 138 Å². The predicted molar refractivity (Wildman–Crippen MR) is 91.8 cm³/mol. The van der Waals surface area contributed by atoms with Gasteiger partial charge in [-0.25, -0.2) is 13.1 Å². The van der Waals surface area contributed by atoms with E-state index in [4.69, 9.17) is 0 Å². The number of nitrogens with zero attached hydrogens (tertiary/aromatic N) is 2. The van der Waals surface area contributed by atoms with E-state index in [0.29, 0.717) is 0 Å². The Morgan fingerprint density at radius 1 is 1.17 bits per heavy atom. The Morgan fingerprint density at radius 2 is 1.78 bits per heavy atom. The van der Waals surface area contributed by atoms with Crippen molar-refractivity contribution in [1.29, 1.82) is 0 Å². The first-order valence-electron chi connectivity index (χ1n) is 7.76. The summed E-state index contributed by atoms with van der Waals surface area (Å²) < 4.78 is 29.3. The molecule has 0 aliphatic rings. The molecule has 0 fully saturated rings. The van der Waals surface area contributed by atoms with E-state index in [2.05, 4.69) is 30.6 Å². The van der Waals surface area contributed by atoms with E-state index in [1.807, 2.05) is 30.7 Å². The van der Waals surface area contributed by atoms with E-state index in [-0.39, 0.29) is 16.9 Å². The van der Waals surface area contributed by atoms with Crippen LogP contribution in [0.5, 0.6) is 0 Å². The molecule has 23 heavy (non-hydrogen) atoms. The standard InChI is InChI=1S/C17H25N3O2S/c1-6-20-13(2)14(11-18-20)12-19-23(21,22)16-9-7-15(8-10-16)17(3,4)5/h7-11,19H,6,12H2,1-5H3. The van der Waals surface area contributed by atoms with Crippen LogP contribution in [0.15, 0.2) is 35.4 Å². The summed E-state index contributed by atoms with van der Waals surface area (Å²) in [6, 6.07) is 7.06. The fourth-order valence-corrected chi connectivity index (χ4v) is 3.37. The van der Waals surface area contributed by atoms with Crippen LogP contribution in [-0.2, 0) is 28.5 Å². The molecule has 0 spiro atoms. The van der Waals surface area contributed by atoms with Crippen molar-refractivity contribution in [3.05, 3.63) is 47.3 Å². The lowest BCUT2D eigenvalue weighted by Gasteiger charge is -2.19. The zero-order chi connectivity index (χ0) is 17.3. The lowest BCUT2D eigenvalue weighted by Crippen LogP contribution is -2.23. The predicted octanol–water partition coefficient (Wildman–Crippen LogP) is 2.99. The molecule has 2 aromatic rings. The van der Waals surface area contributed by atoms with Crippen molar-refractivity contribution in [3.63, 3.8) is 0 Å². The lowest BCUT2D eigenvalue weighted by atomic mass is 9.87. The molecule has 126 valence electrons. The average Bonchev–Trinajstić information content (AvgIpc) is 2.85. The van der Waals surface area contributed by atoms with Crippen molar-refractivity contribution in [3.8, 4) is 0 Å². The van der Waals surface area contributed by atoms with Gasteiger partial charge in [-0.2, -0.15) is 5.10 Å². The summed E-state index contributed by atoms with van der Waals surface area (Å²) in [5, 5.41) is 4.23. The molecule has 6 heteroatoms. The molecule has 2 rings (SSSR count). The number of aromatic nitrogens is 2. The van der Waals surface area contributed by atoms with Gasteiger partial charge in [0.1, 0.15) is 0 Å². The maximum absolute atomic E-state index is 12.4. The maximum atomic E-state index is 12.4. The smallest absolute Gasteiger partial charge is 0.240 e. The third kappa shape index (κ3) is 4.00. The SMILES string of the molecule is CCn1ncc(CNS(=O)(=O)c2ccc(C(C)(C)C)cc2)c1C. The van der Waals surface area contributed by atoms with Crippen molar-refractivity contribution < 1.29 is 8.42 Å². The van der Waals surface area contributed by atoms with Crippen LogP contribution in [0.2, 0.25) is 0 Å². The van der Waals surface area contributed by atoms with E-state index in [1.54, 1.807) is 18.3 Å². The minimum atomic E-state index is -3.52. The highest BCUT2D eigenvalue weighted by Crippen LogP contribution is 2.23. The number of nitrogens with one attached hydrogen (secondary N) is 1. The van der Waals surface area contributed by atoms with Crippen LogP contribution in [0.1, 0.15) is 44.5 Å². The van der Waals surface area contributed by atoms with E-state index in [1.165, 1.54) is 0 Å². The van der Waals surface area contributed by atoms with Gasteiger partial charge in [0.2, 0.25) is 10.0 Å². The highest BCUT2D eigenvalue weighted by Gasteiger charge is 2.18. The Hall–Kier alpha value is -1.66. The van der Waals surface area contributed by atoms with Gasteiger partial charge in [0.05, 0.1) is 11.1 Å². The Morgan fingerprint density at radius 3 is 2.26 bits per heavy atom. The number of hydrogen-bond acceptors (Lipinski definition) is 3. The molecular formula is C17H25N3O2S. The number of hydrogen-bond donors (Lipinski definition) is 1. The molecule has 1 N–H and O–H groups in total. The summed E-state index contributed by atoms with van der Waals surface area (Å²) >= 11 is 0. The van der Waals surface area contributed by atoms with Crippen LogP contribution in [0, 0.1) is 6.92 Å². The van der Waals surface area contributed by atoms with Gasteiger partial charge >= 0.3 is 0 Å². The largest absolute Gasteiger partial charge is 0.270 e. The summed E-state index contributed by atoms with van der Waals surface area (Å²) in [5.41, 5.74) is 2.98. The molecule has 0 saturated carbocycles. The zero-order valence-corrected chi connectivity index (χ0v) is 15.2. The van der Waals surface area contributed by atoms with Crippen molar-refractivity contribution in [2.24, 2.45) is 0 Å². The van der Waals surface area contributed by atoms with E-state index in [0.717, 1.165) is 23.4 Å². The summed E-state index contributed by atoms with van der Waals surface area (Å²) in [6.07, 6.45) is 1.71. The third-order valence-corrected chi connectivity index (χ3v) is 5.40. The topological polar surface area (TPSA) is 64.0 Å². The fourth-order valence-electron chi connectivity index (χ4n) is 2.37. The summed E-state index contributed by atoms with van der Waals surface area (Å²) in [5.74, 6) is 0. The second kappa shape index (κ2) is 6.45. The minimum Gasteiger partial charge on any atom is -0.270 e. The quantitative estimate of drug-likeness (QED) is 0.913. The number of aryl methyl sites for hydroxylation is 1. The molecule has 0 amide bonds. The second-order valence-corrected chi connectivity index (χ2v) is 8.44. The van der Waals surface area contributed by atoms with Crippen LogP contribution in [0.4, 0.5) is 0 Å². The van der Waals surface area contributed by atoms with Crippen LogP contribution in [-0.4, -0.2) is 18.2 Å². The van der Waals surface area contributed by atoms with Gasteiger partial charge in [0.25, 0.3) is 0 Å². The van der Waals surface area contributed by atoms with E-state index in [9.17, 15) is 8.42 Å². The molecule has 5 nitrogen and oxygen atoms in total. The Kier molecular flexibility index (Phi) is 4.96. The minimum absolute atomic E-state index is 0.00155. The number of sulfonamides is 1. The first-order chi connectivity index (χ1) is 10.6. The van der Waals surface area contributed by atoms with Gasteiger partial charge in [-0.3, -0.25) is 4.68 Å². The normalized spacial score (nSPS) is 12.6. The monoisotopic (exact) mass is 335 g/mol. The molecule has 0 aliphatic heterocycles. The molecular weight excluding hydrogens is 310 g/mol. The first kappa shape index (κ1) is 17.7. The van der Waals surface area contributed by atoms with E-state index < -0.39 is 10.0 Å². The molecule has 0 radical (unpaired) electrons. The molecule has 1 heterocycles. The van der Waals surface area contributed by atoms with Crippen LogP contribution < -0.4 is 4.72 Å². The number of benzene rings is 1. The third-order valence-electron chi connectivity index (χ3n) is 3.99. The molecule has 1 aromatic carbocycles. The van der Waals surface area contributed by atoms with Gasteiger partial charge in [-0.05, 0) is 37.0 Å². The maximum Gasteiger partial charge on any atom is 0.240 e. The average molecular weight is 335 g/mol. The second-order valence-electron chi connectivity index (χ2n) is 6.67. The lowest BCUT2D eigenvalue weighted by molar-refractivity contribution is 0.578. The van der Waals surface area contributed by atoms with Crippen LogP contribution in [0.25, 0.3) is 0 Å². The Balaban J connectivity index is 2.14. The van der Waals surface area contributed by atoms with Crippen molar-refractivity contribution in [2.45, 2.75) is 58.0 Å². The molecule has 0 aliphatic carbocycles. The van der Waals surface area contributed by atoms with E-state index >= 15 is 0 Å². The first-order valence-corrected chi connectivity index (χ1v) is 9.25. The van der Waals surface area contributed by atoms with Gasteiger partial charge in [0.15, 0.2) is 0 Å². The van der Waals surface area contributed by atoms with Crippen molar-refractivity contribution >= 4 is 10.0 Å². The molecule has 0 atom stereocenters. The molecule has 0 unspecified atom stereocenters. The number of rotatable bonds is 5. The van der Waals surface area contributed by atoms with Crippen LogP contribution >= 0.6 is 0 Å². The van der Waals surface area contributed by atoms with Gasteiger partial charge < -0.3 is 0 Å². The Bertz CT molecular complexity index is 769. The zero-order valence-electron chi connectivity index (χ0n) is 14.4. The summed E-state index contributed by atoms with van der Waals surface area (Å²) in [7, 11) is -3.52. The van der Waals surface area contributed by atoms with Gasteiger partial charge in [0, 0.05) is 24.3 Å². The van der Waals surface area contributed by atoms with Crippen LogP contribution in [0.3, 0.4) is 0 Å². The van der Waals surface area contributed by atoms with Gasteiger partial charge in [-0.15, -0.1) is 0 Å². The molecule has 0 saturated heterocycles. The van der Waals surface area contributed by atoms with Gasteiger partial charge in [-0.1, -0.05) is 32.9 Å².